The fourth-order valence-electron chi connectivity index (χ4n) is 15.7. The average molecular weight is 2030 g/mol. The fraction of sp³-hybridized carbons (Fsp3) is 0.544. The van der Waals surface area contributed by atoms with Crippen LogP contribution in [0.3, 0.4) is 0 Å². The number of primary amides is 1. The van der Waals surface area contributed by atoms with Crippen molar-refractivity contribution >= 4 is 143 Å². The summed E-state index contributed by atoms with van der Waals surface area (Å²) in [6.07, 6.45) is 4.18. The number of aromatic amines is 2. The molecule has 0 aliphatic carbocycles. The second-order valence-corrected chi connectivity index (χ2v) is 34.4. The molecule has 750 valence electrons. The first-order chi connectivity index (χ1) is 65.4. The van der Waals surface area contributed by atoms with E-state index in [0.29, 0.717) is 59.0 Å². The molecular formula is C90H132InN24O23+3. The van der Waals surface area contributed by atoms with Crippen molar-refractivity contribution in [3.8, 4) is 5.75 Å². The Bertz CT molecular complexity index is 4830. The van der Waals surface area contributed by atoms with E-state index in [4.69, 9.17) is 22.6 Å². The molecule has 0 bridgehead atoms. The number of hydrogen-bond donors (Lipinski definition) is 24. The van der Waals surface area contributed by atoms with Gasteiger partial charge in [-0.2, -0.15) is 0 Å². The second kappa shape index (κ2) is 60.0. The molecule has 48 heteroatoms. The summed E-state index contributed by atoms with van der Waals surface area (Å²) >= 11 is 0. The third kappa shape index (κ3) is 41.6. The van der Waals surface area contributed by atoms with Gasteiger partial charge in [-0.05, 0) is 111 Å². The van der Waals surface area contributed by atoms with E-state index >= 15 is 9.59 Å². The van der Waals surface area contributed by atoms with Gasteiger partial charge < -0.3 is 127 Å². The van der Waals surface area contributed by atoms with Crippen LogP contribution in [0.1, 0.15) is 126 Å². The summed E-state index contributed by atoms with van der Waals surface area (Å²) in [4.78, 5) is 250. The van der Waals surface area contributed by atoms with Gasteiger partial charge in [0.25, 0.3) is 0 Å². The number of benzene rings is 3. The Morgan fingerprint density at radius 2 is 0.964 bits per heavy atom. The zero-order valence-electron chi connectivity index (χ0n) is 77.7. The van der Waals surface area contributed by atoms with Crippen molar-refractivity contribution in [3.05, 3.63) is 120 Å². The molecule has 10 atom stereocenters. The van der Waals surface area contributed by atoms with Crippen LogP contribution in [0.4, 0.5) is 0 Å². The van der Waals surface area contributed by atoms with Gasteiger partial charge >= 0.3 is 49.7 Å². The molecule has 3 aromatic carbocycles. The quantitative estimate of drug-likeness (QED) is 0.00984. The van der Waals surface area contributed by atoms with Crippen LogP contribution in [0, 0.1) is 11.3 Å². The Hall–Kier alpha value is -12.9. The molecular weight excluding hydrogens is 1900 g/mol. The normalized spacial score (nSPS) is 15.9. The van der Waals surface area contributed by atoms with Crippen molar-refractivity contribution in [2.45, 2.75) is 190 Å². The maximum atomic E-state index is 15.4. The monoisotopic (exact) mass is 2030 g/mol. The topological polar surface area (TPSA) is 719 Å². The zero-order chi connectivity index (χ0) is 100. The van der Waals surface area contributed by atoms with Gasteiger partial charge in [0.2, 0.25) is 76.8 Å². The number of nitrogens with zero attached hydrogens (tertiary/aromatic N) is 6. The maximum Gasteiger partial charge on any atom is 3.00 e. The maximum absolute atomic E-state index is 15.4. The molecule has 4 heterocycles. The molecule has 0 radical (unpaired) electrons. The Morgan fingerprint density at radius 1 is 0.471 bits per heavy atom. The number of H-pyrrole nitrogens is 2. The average Bonchev–Trinajstić information content (AvgIpc) is 1.68. The number of amides is 13. The Labute approximate surface area is 816 Å². The summed E-state index contributed by atoms with van der Waals surface area (Å²) in [5.41, 5.74) is 19.4. The second-order valence-electron chi connectivity index (χ2n) is 34.4. The Kier molecular flexibility index (Phi) is 49.5. The van der Waals surface area contributed by atoms with E-state index in [1.54, 1.807) is 94.2 Å². The standard InChI is InChI=1S/C90H132N24O23.In/c1-55(2)41-66(83(131)104-65(20-13-31-98-90(93)94)89(137)114-32-14-21-72(114)88(136)100-48-73(92)117)106-82(130)64(19-10-12-30-97-81(129)67(42-56-15-5-3-6-16-56)102-74(118)22-7-4-11-29-96-75(119)49-110-33-35-111(50-77(122)123)37-39-113(52-79(126)127)40-38-112(36-34-110)51-78(124)125)103-84(132)68(43-57-23-25-60(116)26-24-57)107-87(135)71(53-115)109-85(133)69(44-58-46-99-63-18-9-8-17-61(58)63)108-86(134)70(45-59-47-95-54-101-59)105-80(128)62(91)27-28-76(120)121;/h3,5-6,8-9,15-18,23-26,46-47,54-55,62,64-72,99,115-116H,4,7,10-14,19-22,27-45,48-53,91H2,1-2H3,(H2,92,117)(H,95,101)(H,96,119)(H,97,129)(H,100,136)(H,102,118)(H,103,132)(H,104,131)(H,105,128)(H,106,130)(H,107,135)(H,108,134)(H,109,133)(H,120,121)(H,122,123)(H,124,125)(H,126,127)(H4,93,94,98);/q;+3/t62-,64-,65+,66+,67-,68+,69+,70+,71+,72+;/m1./s1/i;1-4. The first-order valence-corrected chi connectivity index (χ1v) is 45.8. The number of aliphatic carboxylic acids is 4. The van der Waals surface area contributed by atoms with Gasteiger partial charge in [0, 0.05) is 146 Å². The molecule has 138 heavy (non-hydrogen) atoms. The number of nitrogens with one attached hydrogen (secondary N) is 15. The van der Waals surface area contributed by atoms with Gasteiger partial charge in [0.05, 0.1) is 51.7 Å². The number of aromatic hydroxyl groups is 1. The number of phenolic OH excluding ortho intramolecular Hbond substituents is 1. The molecule has 47 nitrogen and oxygen atoms in total. The summed E-state index contributed by atoms with van der Waals surface area (Å²) in [6, 6.07) is 6.42. The largest absolute Gasteiger partial charge is 3.00 e. The number of imidazole rings is 1. The molecule has 2 aliphatic rings. The van der Waals surface area contributed by atoms with Crippen LogP contribution < -0.4 is 81.0 Å². The van der Waals surface area contributed by atoms with E-state index in [1.807, 2.05) is 0 Å². The van der Waals surface area contributed by atoms with E-state index < -0.39 is 181 Å². The number of para-hydroxylation sites is 1. The minimum Gasteiger partial charge on any atom is -0.508 e. The van der Waals surface area contributed by atoms with Crippen LogP contribution >= 0.6 is 0 Å². The smallest absolute Gasteiger partial charge is 0.508 e. The van der Waals surface area contributed by atoms with E-state index in [0.717, 1.165) is 0 Å². The predicted octanol–water partition coefficient (Wildman–Crippen LogP) is -5.11. The van der Waals surface area contributed by atoms with Crippen LogP contribution in [0.15, 0.2) is 97.6 Å². The first-order valence-electron chi connectivity index (χ1n) is 45.8. The number of carbonyl (C=O) groups excluding carboxylic acids is 13. The zero-order valence-corrected chi connectivity index (χ0v) is 81.0. The number of aromatic nitrogens is 3. The SMILES string of the molecule is CC(C)C[C@H](NC(=O)[C@@H](CCCCNC(=O)[C@@H](Cc1ccccc1)NC(=O)CCCCCNC(=O)CN1CCN(CC(=O)O)CCN(CC(=O)O)CCN(CC(=O)O)CC1)NC(=O)[C@H](Cc1ccc(O)cc1)NC(=O)[C@H](CO)NC(=O)[C@H](Cc1c[nH]c2ccccc12)NC(=O)[C@H](Cc1cnc[nH]1)NC(=O)[C@H](N)CCC(=O)O)C(=O)N[C@@H](CCCNC(=N)N)C(=O)N1CCC[C@H]1C(=O)NCC(N)=O.[111In+3]. The third-order valence-electron chi connectivity index (χ3n) is 23.0. The number of nitrogens with two attached hydrogens (primary N) is 3. The van der Waals surface area contributed by atoms with Gasteiger partial charge in [-0.15, -0.1) is 0 Å². The molecule has 0 spiro atoms. The number of aliphatic hydroxyl groups is 1. The Morgan fingerprint density at radius 3 is 1.54 bits per heavy atom. The first kappa shape index (κ1) is 114. The molecule has 7 rings (SSSR count). The minimum atomic E-state index is -1.92. The van der Waals surface area contributed by atoms with Crippen LogP contribution in [0.2, 0.25) is 0 Å². The number of likely N-dealkylation sites (tertiary alicyclic amines) is 1. The number of carbonyl (C=O) groups is 17. The number of guanidine groups is 1. The Balaban J connectivity index is 0.0000292. The van der Waals surface area contributed by atoms with Gasteiger partial charge in [-0.25, -0.2) is 4.98 Å². The van der Waals surface area contributed by atoms with E-state index in [-0.39, 0.29) is 231 Å². The molecule has 13 amide bonds. The van der Waals surface area contributed by atoms with Crippen molar-refractivity contribution < 1.29 is 112 Å². The number of fused-ring (bicyclic) bond motifs is 1. The van der Waals surface area contributed by atoms with Gasteiger partial charge in [0.15, 0.2) is 5.96 Å². The van der Waals surface area contributed by atoms with Crippen LogP contribution in [0.25, 0.3) is 10.9 Å². The van der Waals surface area contributed by atoms with Crippen molar-refractivity contribution in [1.82, 2.24) is 103 Å². The third-order valence-corrected chi connectivity index (χ3v) is 23.0. The van der Waals surface area contributed by atoms with Gasteiger partial charge in [0.1, 0.15) is 60.1 Å². The van der Waals surface area contributed by atoms with E-state index in [9.17, 15) is 103 Å². The molecule has 0 unspecified atom stereocenters. The number of carboxylic acids is 4. The van der Waals surface area contributed by atoms with E-state index in [1.165, 1.54) is 41.7 Å². The number of phenols is 1. The molecule has 2 aromatic heterocycles. The number of hydrogen-bond acceptors (Lipinski definition) is 26. The molecule has 27 N–H and O–H groups in total. The summed E-state index contributed by atoms with van der Waals surface area (Å²) in [5, 5.41) is 100. The van der Waals surface area contributed by atoms with Crippen molar-refractivity contribution in [2.75, 3.05) is 118 Å². The molecule has 0 saturated carbocycles. The summed E-state index contributed by atoms with van der Waals surface area (Å²) in [6.45, 7) is 2.70. The van der Waals surface area contributed by atoms with Crippen molar-refractivity contribution in [2.24, 2.45) is 23.1 Å². The van der Waals surface area contributed by atoms with Crippen molar-refractivity contribution in [1.29, 1.82) is 5.41 Å². The van der Waals surface area contributed by atoms with E-state index in [2.05, 4.69) is 78.8 Å². The number of carboxylic acid groups (broad SMARTS) is 4. The molecule has 2 aliphatic heterocycles. The van der Waals surface area contributed by atoms with Crippen LogP contribution in [0.5, 0.6) is 5.75 Å². The summed E-state index contributed by atoms with van der Waals surface area (Å²) in [7, 11) is 0. The summed E-state index contributed by atoms with van der Waals surface area (Å²) in [5.74, 6) is -16.1. The minimum absolute atomic E-state index is 0. The predicted molar refractivity (Wildman–Crippen MR) is 502 cm³/mol. The molecule has 2 saturated heterocycles. The fourth-order valence-corrected chi connectivity index (χ4v) is 15.7. The summed E-state index contributed by atoms with van der Waals surface area (Å²) < 4.78 is 0. The molecule has 2 fully saturated rings. The van der Waals surface area contributed by atoms with Gasteiger partial charge in [-0.1, -0.05) is 80.9 Å². The van der Waals surface area contributed by atoms with Crippen LogP contribution in [-0.2, 0) is 107 Å². The number of rotatable bonds is 57. The molecule has 5 aromatic rings. The van der Waals surface area contributed by atoms with Crippen LogP contribution in [-0.4, -0.2) is 381 Å². The number of unbranched alkanes of at least 4 members (excludes halogenated alkanes) is 3. The number of aliphatic hydroxyl groups excluding tert-OH is 1. The van der Waals surface area contributed by atoms with Gasteiger partial charge in [-0.3, -0.25) is 107 Å². The van der Waals surface area contributed by atoms with Crippen molar-refractivity contribution in [3.63, 3.8) is 0 Å².